The number of carbonyl (C=O) groups is 1. The number of aliphatic hydroxyl groups excluding tert-OH is 1. The third kappa shape index (κ3) is 3.25. The number of halogens is 1. The predicted octanol–water partition coefficient (Wildman–Crippen LogP) is 2.41. The maximum atomic E-state index is 12.2. The van der Waals surface area contributed by atoms with Crippen LogP contribution in [0.15, 0.2) is 18.5 Å². The van der Waals surface area contributed by atoms with Gasteiger partial charge in [0.15, 0.2) is 0 Å². The maximum absolute atomic E-state index is 12.2. The van der Waals surface area contributed by atoms with Crippen LogP contribution in [0.1, 0.15) is 43.0 Å². The molecule has 1 aromatic rings. The van der Waals surface area contributed by atoms with Gasteiger partial charge in [-0.25, -0.2) is 0 Å². The first-order chi connectivity index (χ1) is 9.06. The van der Waals surface area contributed by atoms with Crippen LogP contribution in [-0.2, 0) is 0 Å². The van der Waals surface area contributed by atoms with Gasteiger partial charge in [0.05, 0.1) is 22.7 Å². The molecule has 0 aliphatic heterocycles. The smallest absolute Gasteiger partial charge is 0.253 e. The second-order valence-corrected chi connectivity index (χ2v) is 5.84. The van der Waals surface area contributed by atoms with Gasteiger partial charge < -0.3 is 10.4 Å². The lowest BCUT2D eigenvalue weighted by Gasteiger charge is -2.38. The van der Waals surface area contributed by atoms with E-state index in [1.807, 2.05) is 0 Å². The molecule has 0 aromatic carbocycles. The van der Waals surface area contributed by atoms with Crippen LogP contribution < -0.4 is 5.32 Å². The minimum absolute atomic E-state index is 0.0336. The van der Waals surface area contributed by atoms with E-state index in [9.17, 15) is 9.90 Å². The number of nitrogens with one attached hydrogen (secondary N) is 1. The van der Waals surface area contributed by atoms with Gasteiger partial charge in [-0.1, -0.05) is 18.5 Å². The van der Waals surface area contributed by atoms with Gasteiger partial charge in [-0.2, -0.15) is 0 Å². The SMILES string of the molecule is CC1CCC(CO)(NC(=O)c2ccncc2Cl)CC1. The maximum Gasteiger partial charge on any atom is 0.253 e. The number of amides is 1. The number of pyridine rings is 1. The van der Waals surface area contributed by atoms with E-state index in [-0.39, 0.29) is 12.5 Å². The monoisotopic (exact) mass is 282 g/mol. The van der Waals surface area contributed by atoms with Crippen LogP contribution in [0.5, 0.6) is 0 Å². The Kier molecular flexibility index (Phi) is 4.42. The molecule has 1 aromatic heterocycles. The van der Waals surface area contributed by atoms with Crippen LogP contribution in [0.4, 0.5) is 0 Å². The first-order valence-corrected chi connectivity index (χ1v) is 6.97. The lowest BCUT2D eigenvalue weighted by atomic mass is 9.77. The van der Waals surface area contributed by atoms with Gasteiger partial charge in [0.2, 0.25) is 0 Å². The Hall–Kier alpha value is -1.13. The van der Waals surface area contributed by atoms with Crippen LogP contribution in [0.25, 0.3) is 0 Å². The predicted molar refractivity (Wildman–Crippen MR) is 74.2 cm³/mol. The first-order valence-electron chi connectivity index (χ1n) is 6.59. The topological polar surface area (TPSA) is 62.2 Å². The molecule has 4 nitrogen and oxygen atoms in total. The molecular weight excluding hydrogens is 264 g/mol. The molecule has 2 N–H and O–H groups in total. The summed E-state index contributed by atoms with van der Waals surface area (Å²) in [6.45, 7) is 2.16. The van der Waals surface area contributed by atoms with Crippen LogP contribution in [0, 0.1) is 5.92 Å². The number of aliphatic hydroxyl groups is 1. The molecule has 19 heavy (non-hydrogen) atoms. The molecule has 1 saturated carbocycles. The fraction of sp³-hybridized carbons (Fsp3) is 0.571. The fourth-order valence-corrected chi connectivity index (χ4v) is 2.71. The third-order valence-electron chi connectivity index (χ3n) is 3.93. The van der Waals surface area contributed by atoms with E-state index < -0.39 is 5.54 Å². The molecule has 1 amide bonds. The molecule has 1 aliphatic carbocycles. The number of carbonyl (C=O) groups excluding carboxylic acids is 1. The molecule has 1 fully saturated rings. The Labute approximate surface area is 118 Å². The Morgan fingerprint density at radius 2 is 2.26 bits per heavy atom. The van der Waals surface area contributed by atoms with E-state index in [1.165, 1.54) is 12.4 Å². The van der Waals surface area contributed by atoms with E-state index in [4.69, 9.17) is 11.6 Å². The molecule has 0 unspecified atom stereocenters. The summed E-state index contributed by atoms with van der Waals surface area (Å²) >= 11 is 5.96. The van der Waals surface area contributed by atoms with Crippen molar-refractivity contribution in [3.63, 3.8) is 0 Å². The summed E-state index contributed by atoms with van der Waals surface area (Å²) in [7, 11) is 0. The standard InChI is InChI=1S/C14H19ClN2O2/c1-10-2-5-14(9-18,6-3-10)17-13(19)11-4-7-16-8-12(11)15/h4,7-8,10,18H,2-3,5-6,9H2,1H3,(H,17,19). The number of aromatic nitrogens is 1. The number of rotatable bonds is 3. The Bertz CT molecular complexity index is 457. The second kappa shape index (κ2) is 5.88. The van der Waals surface area contributed by atoms with Crippen LogP contribution in [0.2, 0.25) is 5.02 Å². The molecule has 0 bridgehead atoms. The molecular formula is C14H19ClN2O2. The molecule has 104 valence electrons. The number of hydrogen-bond donors (Lipinski definition) is 2. The van der Waals surface area contributed by atoms with Gasteiger partial charge in [-0.15, -0.1) is 0 Å². The van der Waals surface area contributed by atoms with E-state index >= 15 is 0 Å². The van der Waals surface area contributed by atoms with Gasteiger partial charge in [-0.3, -0.25) is 9.78 Å². The Morgan fingerprint density at radius 1 is 1.58 bits per heavy atom. The van der Waals surface area contributed by atoms with Gasteiger partial charge in [-0.05, 0) is 37.7 Å². The van der Waals surface area contributed by atoms with Crippen molar-refractivity contribution in [3.05, 3.63) is 29.0 Å². The van der Waals surface area contributed by atoms with Crippen molar-refractivity contribution >= 4 is 17.5 Å². The van der Waals surface area contributed by atoms with E-state index in [0.29, 0.717) is 16.5 Å². The highest BCUT2D eigenvalue weighted by Gasteiger charge is 2.35. The summed E-state index contributed by atoms with van der Waals surface area (Å²) in [4.78, 5) is 16.1. The van der Waals surface area contributed by atoms with E-state index in [2.05, 4.69) is 17.2 Å². The van der Waals surface area contributed by atoms with E-state index in [1.54, 1.807) is 6.07 Å². The number of nitrogens with zero attached hydrogens (tertiary/aromatic N) is 1. The summed E-state index contributed by atoms with van der Waals surface area (Å²) in [5.41, 5.74) is -0.0981. The third-order valence-corrected chi connectivity index (χ3v) is 4.23. The zero-order chi connectivity index (χ0) is 13.9. The average Bonchev–Trinajstić information content (AvgIpc) is 2.42. The molecule has 1 aliphatic rings. The molecule has 0 atom stereocenters. The fourth-order valence-electron chi connectivity index (χ4n) is 2.50. The lowest BCUT2D eigenvalue weighted by molar-refractivity contribution is 0.0717. The first kappa shape index (κ1) is 14.3. The zero-order valence-corrected chi connectivity index (χ0v) is 11.8. The quantitative estimate of drug-likeness (QED) is 0.895. The van der Waals surface area contributed by atoms with Crippen molar-refractivity contribution < 1.29 is 9.90 Å². The van der Waals surface area contributed by atoms with Crippen molar-refractivity contribution in [1.82, 2.24) is 10.3 Å². The molecule has 0 radical (unpaired) electrons. The molecule has 0 spiro atoms. The Balaban J connectivity index is 2.11. The zero-order valence-electron chi connectivity index (χ0n) is 11.0. The van der Waals surface area contributed by atoms with Crippen LogP contribution >= 0.6 is 11.6 Å². The molecule has 0 saturated heterocycles. The summed E-state index contributed by atoms with van der Waals surface area (Å²) < 4.78 is 0. The van der Waals surface area contributed by atoms with Crippen LogP contribution in [0.3, 0.4) is 0 Å². The average molecular weight is 283 g/mol. The number of hydrogen-bond acceptors (Lipinski definition) is 3. The van der Waals surface area contributed by atoms with Crippen LogP contribution in [-0.4, -0.2) is 28.1 Å². The second-order valence-electron chi connectivity index (χ2n) is 5.43. The van der Waals surface area contributed by atoms with Crippen molar-refractivity contribution in [1.29, 1.82) is 0 Å². The highest BCUT2D eigenvalue weighted by atomic mass is 35.5. The van der Waals surface area contributed by atoms with Gasteiger partial charge >= 0.3 is 0 Å². The molecule has 2 rings (SSSR count). The lowest BCUT2D eigenvalue weighted by Crippen LogP contribution is -2.53. The highest BCUT2D eigenvalue weighted by molar-refractivity contribution is 6.33. The minimum atomic E-state index is -0.504. The van der Waals surface area contributed by atoms with Gasteiger partial charge in [0.25, 0.3) is 5.91 Å². The van der Waals surface area contributed by atoms with E-state index in [0.717, 1.165) is 25.7 Å². The summed E-state index contributed by atoms with van der Waals surface area (Å²) in [5.74, 6) is 0.414. The molecule has 1 heterocycles. The highest BCUT2D eigenvalue weighted by Crippen LogP contribution is 2.32. The summed E-state index contributed by atoms with van der Waals surface area (Å²) in [6, 6.07) is 1.59. The minimum Gasteiger partial charge on any atom is -0.394 e. The van der Waals surface area contributed by atoms with Crippen molar-refractivity contribution in [2.75, 3.05) is 6.61 Å². The van der Waals surface area contributed by atoms with Crippen molar-refractivity contribution in [2.45, 2.75) is 38.1 Å². The van der Waals surface area contributed by atoms with Crippen molar-refractivity contribution in [3.8, 4) is 0 Å². The van der Waals surface area contributed by atoms with Crippen molar-refractivity contribution in [2.24, 2.45) is 5.92 Å². The summed E-state index contributed by atoms with van der Waals surface area (Å²) in [5, 5.41) is 12.9. The Morgan fingerprint density at radius 3 is 2.84 bits per heavy atom. The van der Waals surface area contributed by atoms with Gasteiger partial charge in [0, 0.05) is 12.4 Å². The summed E-state index contributed by atoms with van der Waals surface area (Å²) in [6.07, 6.45) is 6.63. The molecule has 5 heteroatoms. The normalized spacial score (nSPS) is 27.0. The van der Waals surface area contributed by atoms with Gasteiger partial charge in [0.1, 0.15) is 0 Å². The largest absolute Gasteiger partial charge is 0.394 e.